The lowest BCUT2D eigenvalue weighted by Crippen LogP contribution is -2.30. The molecule has 3 N–H and O–H groups in total. The van der Waals surface area contributed by atoms with Crippen molar-refractivity contribution in [2.75, 3.05) is 13.1 Å². The van der Waals surface area contributed by atoms with E-state index < -0.39 is 0 Å². The Kier molecular flexibility index (Phi) is 5.55. The van der Waals surface area contributed by atoms with Crippen molar-refractivity contribution in [3.8, 4) is 0 Å². The van der Waals surface area contributed by atoms with Gasteiger partial charge in [0.15, 0.2) is 0 Å². The molecule has 0 radical (unpaired) electrons. The van der Waals surface area contributed by atoms with Crippen LogP contribution in [-0.2, 0) is 10.2 Å². The summed E-state index contributed by atoms with van der Waals surface area (Å²) in [7, 11) is 0. The van der Waals surface area contributed by atoms with Crippen LogP contribution in [0.3, 0.4) is 0 Å². The van der Waals surface area contributed by atoms with Crippen molar-refractivity contribution in [1.82, 2.24) is 5.32 Å². The fraction of sp³-hybridized carbons (Fsp3) is 0.562. The molecule has 3 heteroatoms. The van der Waals surface area contributed by atoms with Crippen LogP contribution in [-0.4, -0.2) is 19.0 Å². The van der Waals surface area contributed by atoms with Gasteiger partial charge in [-0.05, 0) is 36.4 Å². The number of nitrogens with two attached hydrogens (primary N) is 1. The number of rotatable bonds is 5. The Morgan fingerprint density at radius 1 is 1.26 bits per heavy atom. The number of likely N-dealkylation sites (N-methyl/N-ethyl adjacent to an activating group) is 1. The predicted molar refractivity (Wildman–Crippen MR) is 80.2 cm³/mol. The van der Waals surface area contributed by atoms with E-state index in [9.17, 15) is 4.79 Å². The molecular formula is C16H26N2O. The van der Waals surface area contributed by atoms with Gasteiger partial charge in [0, 0.05) is 6.54 Å². The Hall–Kier alpha value is -1.35. The van der Waals surface area contributed by atoms with Gasteiger partial charge in [-0.15, -0.1) is 0 Å². The molecule has 0 aliphatic rings. The van der Waals surface area contributed by atoms with Crippen LogP contribution in [0.15, 0.2) is 24.3 Å². The zero-order valence-corrected chi connectivity index (χ0v) is 12.5. The maximum absolute atomic E-state index is 12.0. The van der Waals surface area contributed by atoms with E-state index in [1.54, 1.807) is 0 Å². The first-order valence-electron chi connectivity index (χ1n) is 6.98. The summed E-state index contributed by atoms with van der Waals surface area (Å²) >= 11 is 0. The third kappa shape index (κ3) is 4.35. The molecule has 106 valence electrons. The molecule has 1 unspecified atom stereocenters. The molecule has 0 spiro atoms. The Labute approximate surface area is 116 Å². The van der Waals surface area contributed by atoms with Gasteiger partial charge in [-0.2, -0.15) is 0 Å². The molecule has 1 rings (SSSR count). The second-order valence-corrected chi connectivity index (χ2v) is 5.90. The van der Waals surface area contributed by atoms with E-state index in [0.29, 0.717) is 19.5 Å². The fourth-order valence-corrected chi connectivity index (χ4v) is 2.13. The molecule has 3 nitrogen and oxygen atoms in total. The molecular weight excluding hydrogens is 236 g/mol. The van der Waals surface area contributed by atoms with Crippen LogP contribution >= 0.6 is 0 Å². The maximum atomic E-state index is 12.0. The number of hydrogen-bond acceptors (Lipinski definition) is 2. The lowest BCUT2D eigenvalue weighted by molar-refractivity contribution is -0.122. The predicted octanol–water partition coefficient (Wildman–Crippen LogP) is 2.55. The third-order valence-corrected chi connectivity index (χ3v) is 3.30. The van der Waals surface area contributed by atoms with Crippen molar-refractivity contribution in [1.29, 1.82) is 0 Å². The molecule has 1 aromatic rings. The number of benzene rings is 1. The van der Waals surface area contributed by atoms with E-state index in [2.05, 4.69) is 50.4 Å². The number of nitrogens with one attached hydrogen (secondary N) is 1. The summed E-state index contributed by atoms with van der Waals surface area (Å²) in [6.45, 7) is 9.65. The minimum Gasteiger partial charge on any atom is -0.356 e. The molecule has 0 aliphatic carbocycles. The molecule has 1 amide bonds. The van der Waals surface area contributed by atoms with Crippen LogP contribution in [0.5, 0.6) is 0 Å². The van der Waals surface area contributed by atoms with Gasteiger partial charge in [0.25, 0.3) is 0 Å². The van der Waals surface area contributed by atoms with Gasteiger partial charge in [0.2, 0.25) is 5.91 Å². The van der Waals surface area contributed by atoms with Gasteiger partial charge in [0.05, 0.1) is 5.92 Å². The molecule has 0 aliphatic heterocycles. The second kappa shape index (κ2) is 6.71. The van der Waals surface area contributed by atoms with E-state index in [4.69, 9.17) is 5.73 Å². The van der Waals surface area contributed by atoms with Gasteiger partial charge >= 0.3 is 0 Å². The maximum Gasteiger partial charge on any atom is 0.227 e. The van der Waals surface area contributed by atoms with E-state index in [1.165, 1.54) is 5.56 Å². The summed E-state index contributed by atoms with van der Waals surface area (Å²) in [5.74, 6) is -0.0737. The Morgan fingerprint density at radius 3 is 2.26 bits per heavy atom. The first-order chi connectivity index (χ1) is 8.90. The summed E-state index contributed by atoms with van der Waals surface area (Å²) in [6, 6.07) is 8.32. The van der Waals surface area contributed by atoms with Gasteiger partial charge < -0.3 is 11.1 Å². The minimum absolute atomic E-state index is 0.0662. The first kappa shape index (κ1) is 15.7. The van der Waals surface area contributed by atoms with E-state index in [1.807, 2.05) is 6.92 Å². The summed E-state index contributed by atoms with van der Waals surface area (Å²) in [5, 5.41) is 2.88. The molecule has 1 aromatic carbocycles. The lowest BCUT2D eigenvalue weighted by atomic mass is 9.85. The topological polar surface area (TPSA) is 55.1 Å². The summed E-state index contributed by atoms with van der Waals surface area (Å²) in [4.78, 5) is 12.0. The molecule has 0 fully saturated rings. The van der Waals surface area contributed by atoms with Crippen molar-refractivity contribution in [2.24, 2.45) is 5.73 Å². The van der Waals surface area contributed by atoms with E-state index >= 15 is 0 Å². The van der Waals surface area contributed by atoms with Gasteiger partial charge in [0.1, 0.15) is 0 Å². The highest BCUT2D eigenvalue weighted by Gasteiger charge is 2.20. The highest BCUT2D eigenvalue weighted by molar-refractivity contribution is 5.83. The standard InChI is InChI=1S/C16H26N2O/c1-5-18-15(19)14(10-11-17)12-6-8-13(9-7-12)16(2,3)4/h6-9,14H,5,10-11,17H2,1-4H3,(H,18,19). The fourth-order valence-electron chi connectivity index (χ4n) is 2.13. The van der Waals surface area contributed by atoms with Gasteiger partial charge in [-0.3, -0.25) is 4.79 Å². The van der Waals surface area contributed by atoms with Crippen LogP contribution in [0.2, 0.25) is 0 Å². The smallest absolute Gasteiger partial charge is 0.227 e. The van der Waals surface area contributed by atoms with Crippen LogP contribution in [0.1, 0.15) is 51.2 Å². The number of amides is 1. The highest BCUT2D eigenvalue weighted by atomic mass is 16.1. The van der Waals surface area contributed by atoms with E-state index in [0.717, 1.165) is 5.56 Å². The second-order valence-electron chi connectivity index (χ2n) is 5.90. The van der Waals surface area contributed by atoms with Crippen LogP contribution in [0.4, 0.5) is 0 Å². The van der Waals surface area contributed by atoms with Gasteiger partial charge in [-0.25, -0.2) is 0 Å². The zero-order valence-electron chi connectivity index (χ0n) is 12.5. The summed E-state index contributed by atoms with van der Waals surface area (Å²) in [5.41, 5.74) is 8.07. The third-order valence-electron chi connectivity index (χ3n) is 3.30. The van der Waals surface area contributed by atoms with Crippen LogP contribution in [0.25, 0.3) is 0 Å². The monoisotopic (exact) mass is 262 g/mol. The minimum atomic E-state index is -0.140. The molecule has 0 saturated heterocycles. The Balaban J connectivity index is 2.94. The number of carbonyl (C=O) groups is 1. The Bertz CT molecular complexity index is 404. The van der Waals surface area contributed by atoms with Gasteiger partial charge in [-0.1, -0.05) is 45.0 Å². The number of hydrogen-bond donors (Lipinski definition) is 2. The van der Waals surface area contributed by atoms with Crippen molar-refractivity contribution < 1.29 is 4.79 Å². The highest BCUT2D eigenvalue weighted by Crippen LogP contribution is 2.25. The number of carbonyl (C=O) groups excluding carboxylic acids is 1. The lowest BCUT2D eigenvalue weighted by Gasteiger charge is -2.21. The average Bonchev–Trinajstić information content (AvgIpc) is 2.35. The summed E-state index contributed by atoms with van der Waals surface area (Å²) < 4.78 is 0. The average molecular weight is 262 g/mol. The van der Waals surface area contributed by atoms with Crippen LogP contribution in [0, 0.1) is 0 Å². The Morgan fingerprint density at radius 2 is 1.84 bits per heavy atom. The zero-order chi connectivity index (χ0) is 14.5. The molecule has 19 heavy (non-hydrogen) atoms. The van der Waals surface area contributed by atoms with Crippen molar-refractivity contribution >= 4 is 5.91 Å². The molecule has 0 heterocycles. The van der Waals surface area contributed by atoms with Crippen molar-refractivity contribution in [2.45, 2.75) is 45.4 Å². The molecule has 1 atom stereocenters. The normalized spacial score (nSPS) is 13.1. The van der Waals surface area contributed by atoms with E-state index in [-0.39, 0.29) is 17.2 Å². The molecule has 0 aromatic heterocycles. The molecule has 0 saturated carbocycles. The quantitative estimate of drug-likeness (QED) is 0.857. The molecule has 0 bridgehead atoms. The summed E-state index contributed by atoms with van der Waals surface area (Å²) in [6.07, 6.45) is 0.681. The van der Waals surface area contributed by atoms with Crippen molar-refractivity contribution in [3.63, 3.8) is 0 Å². The first-order valence-corrected chi connectivity index (χ1v) is 6.98. The SMILES string of the molecule is CCNC(=O)C(CCN)c1ccc(C(C)(C)C)cc1. The largest absolute Gasteiger partial charge is 0.356 e. The van der Waals surface area contributed by atoms with Crippen molar-refractivity contribution in [3.05, 3.63) is 35.4 Å². The van der Waals surface area contributed by atoms with Crippen LogP contribution < -0.4 is 11.1 Å².